The molecule has 20 heavy (non-hydrogen) atoms. The van der Waals surface area contributed by atoms with Gasteiger partial charge in [-0.25, -0.2) is 0 Å². The summed E-state index contributed by atoms with van der Waals surface area (Å²) >= 11 is 0. The fourth-order valence-electron chi connectivity index (χ4n) is 1.94. The van der Waals surface area contributed by atoms with Crippen LogP contribution in [0.1, 0.15) is 30.6 Å². The van der Waals surface area contributed by atoms with E-state index in [1.165, 1.54) is 7.11 Å². The molecule has 1 aromatic rings. The molecule has 2 N–H and O–H groups in total. The number of rotatable bonds is 7. The van der Waals surface area contributed by atoms with Gasteiger partial charge in [-0.05, 0) is 24.5 Å². The highest BCUT2D eigenvalue weighted by Gasteiger charge is 2.19. The number of carbonyl (C=O) groups excluding carboxylic acids is 1. The van der Waals surface area contributed by atoms with Gasteiger partial charge < -0.3 is 19.9 Å². The van der Waals surface area contributed by atoms with Gasteiger partial charge in [0.15, 0.2) is 0 Å². The van der Waals surface area contributed by atoms with Gasteiger partial charge in [0.05, 0.1) is 19.8 Å². The molecule has 112 valence electrons. The monoisotopic (exact) mass is 281 g/mol. The van der Waals surface area contributed by atoms with Crippen LogP contribution in [0, 0.1) is 5.92 Å². The van der Waals surface area contributed by atoms with E-state index in [2.05, 4.69) is 5.32 Å². The van der Waals surface area contributed by atoms with E-state index in [9.17, 15) is 4.79 Å². The highest BCUT2D eigenvalue weighted by atomic mass is 16.5. The molecule has 0 aliphatic rings. The van der Waals surface area contributed by atoms with Crippen LogP contribution in [0.5, 0.6) is 11.5 Å². The van der Waals surface area contributed by atoms with Crippen LogP contribution >= 0.6 is 0 Å². The summed E-state index contributed by atoms with van der Waals surface area (Å²) in [5, 5.41) is 12.0. The molecule has 1 rings (SSSR count). The summed E-state index contributed by atoms with van der Waals surface area (Å²) in [7, 11) is 3.07. The number of hydrogen-bond donors (Lipinski definition) is 2. The Bertz CT molecular complexity index is 445. The van der Waals surface area contributed by atoms with Crippen molar-refractivity contribution in [3.8, 4) is 11.5 Å². The van der Waals surface area contributed by atoms with Crippen molar-refractivity contribution < 1.29 is 19.4 Å². The van der Waals surface area contributed by atoms with Gasteiger partial charge >= 0.3 is 0 Å². The van der Waals surface area contributed by atoms with Crippen LogP contribution in [-0.4, -0.2) is 37.9 Å². The van der Waals surface area contributed by atoms with E-state index in [-0.39, 0.29) is 24.5 Å². The highest BCUT2D eigenvalue weighted by Crippen LogP contribution is 2.24. The van der Waals surface area contributed by atoms with Gasteiger partial charge in [0.1, 0.15) is 11.5 Å². The molecule has 1 atom stereocenters. The van der Waals surface area contributed by atoms with Crippen LogP contribution in [-0.2, 0) is 0 Å². The summed E-state index contributed by atoms with van der Waals surface area (Å²) in [4.78, 5) is 12.3. The molecule has 0 saturated carbocycles. The molecule has 0 heterocycles. The maximum absolute atomic E-state index is 12.3. The number of hydrogen-bond acceptors (Lipinski definition) is 4. The molecular weight excluding hydrogens is 258 g/mol. The van der Waals surface area contributed by atoms with Crippen molar-refractivity contribution in [1.82, 2.24) is 5.32 Å². The predicted molar refractivity (Wildman–Crippen MR) is 77.3 cm³/mol. The molecule has 0 radical (unpaired) electrons. The minimum Gasteiger partial charge on any atom is -0.497 e. The number of benzene rings is 1. The molecule has 1 amide bonds. The minimum atomic E-state index is -0.211. The van der Waals surface area contributed by atoms with Gasteiger partial charge in [0, 0.05) is 18.7 Å². The highest BCUT2D eigenvalue weighted by molar-refractivity contribution is 5.97. The Hall–Kier alpha value is -1.75. The van der Waals surface area contributed by atoms with Crippen molar-refractivity contribution in [2.45, 2.75) is 26.3 Å². The SMILES string of the molecule is COc1ccc(C(=O)NC(CCO)C(C)C)c(OC)c1. The second-order valence-corrected chi connectivity index (χ2v) is 4.90. The Morgan fingerprint density at radius 1 is 1.30 bits per heavy atom. The lowest BCUT2D eigenvalue weighted by Crippen LogP contribution is -2.39. The third kappa shape index (κ3) is 4.13. The number of aliphatic hydroxyl groups excluding tert-OH is 1. The van der Waals surface area contributed by atoms with Gasteiger partial charge in [0.2, 0.25) is 0 Å². The Labute approximate surface area is 119 Å². The van der Waals surface area contributed by atoms with E-state index in [4.69, 9.17) is 14.6 Å². The predicted octanol–water partition coefficient (Wildman–Crippen LogP) is 1.84. The van der Waals surface area contributed by atoms with Crippen molar-refractivity contribution in [2.75, 3.05) is 20.8 Å². The summed E-state index contributed by atoms with van der Waals surface area (Å²) in [5.41, 5.74) is 0.455. The molecule has 0 fully saturated rings. The molecule has 1 unspecified atom stereocenters. The van der Waals surface area contributed by atoms with Gasteiger partial charge in [0.25, 0.3) is 5.91 Å². The van der Waals surface area contributed by atoms with Crippen molar-refractivity contribution in [2.24, 2.45) is 5.92 Å². The first-order valence-electron chi connectivity index (χ1n) is 6.67. The third-order valence-electron chi connectivity index (χ3n) is 3.21. The lowest BCUT2D eigenvalue weighted by Gasteiger charge is -2.22. The van der Waals surface area contributed by atoms with E-state index in [0.29, 0.717) is 23.5 Å². The van der Waals surface area contributed by atoms with Crippen LogP contribution in [0.2, 0.25) is 0 Å². The molecule has 0 saturated heterocycles. The molecule has 0 bridgehead atoms. The average molecular weight is 281 g/mol. The first kappa shape index (κ1) is 16.3. The third-order valence-corrected chi connectivity index (χ3v) is 3.21. The topological polar surface area (TPSA) is 67.8 Å². The maximum atomic E-state index is 12.3. The van der Waals surface area contributed by atoms with E-state index in [0.717, 1.165) is 0 Å². The number of methoxy groups -OCH3 is 2. The Balaban J connectivity index is 2.90. The lowest BCUT2D eigenvalue weighted by molar-refractivity contribution is 0.0913. The van der Waals surface area contributed by atoms with Crippen molar-refractivity contribution in [3.63, 3.8) is 0 Å². The van der Waals surface area contributed by atoms with Crippen LogP contribution < -0.4 is 14.8 Å². The van der Waals surface area contributed by atoms with Crippen LogP contribution in [0.3, 0.4) is 0 Å². The number of amides is 1. The molecule has 0 spiro atoms. The van der Waals surface area contributed by atoms with E-state index in [1.54, 1.807) is 25.3 Å². The van der Waals surface area contributed by atoms with Crippen LogP contribution in [0.25, 0.3) is 0 Å². The quantitative estimate of drug-likeness (QED) is 0.800. The molecule has 0 aliphatic heterocycles. The summed E-state index contributed by atoms with van der Waals surface area (Å²) in [5.74, 6) is 1.13. The van der Waals surface area contributed by atoms with E-state index >= 15 is 0 Å². The second-order valence-electron chi connectivity index (χ2n) is 4.90. The zero-order valence-electron chi connectivity index (χ0n) is 12.5. The standard InChI is InChI=1S/C15H23NO4/c1-10(2)13(7-8-17)16-15(18)12-6-5-11(19-3)9-14(12)20-4/h5-6,9-10,13,17H,7-8H2,1-4H3,(H,16,18). The summed E-state index contributed by atoms with van der Waals surface area (Å²) in [6.45, 7) is 4.06. The van der Waals surface area contributed by atoms with Crippen LogP contribution in [0.4, 0.5) is 0 Å². The van der Waals surface area contributed by atoms with Gasteiger partial charge in [-0.3, -0.25) is 4.79 Å². The van der Waals surface area contributed by atoms with Gasteiger partial charge in [-0.1, -0.05) is 13.8 Å². The van der Waals surface area contributed by atoms with Gasteiger partial charge in [-0.2, -0.15) is 0 Å². The van der Waals surface area contributed by atoms with Crippen molar-refractivity contribution in [3.05, 3.63) is 23.8 Å². The number of carbonyl (C=O) groups is 1. The fourth-order valence-corrected chi connectivity index (χ4v) is 1.94. The average Bonchev–Trinajstić information content (AvgIpc) is 2.45. The normalized spacial score (nSPS) is 12.1. The molecule has 1 aromatic carbocycles. The first-order valence-corrected chi connectivity index (χ1v) is 6.67. The molecular formula is C15H23NO4. The van der Waals surface area contributed by atoms with Gasteiger partial charge in [-0.15, -0.1) is 0 Å². The number of aliphatic hydroxyl groups is 1. The molecule has 0 aromatic heterocycles. The minimum absolute atomic E-state index is 0.0445. The number of nitrogens with one attached hydrogen (secondary N) is 1. The Morgan fingerprint density at radius 2 is 2.00 bits per heavy atom. The summed E-state index contributed by atoms with van der Waals surface area (Å²) < 4.78 is 10.3. The Kier molecular flexibility index (Phi) is 6.31. The first-order chi connectivity index (χ1) is 9.53. The largest absolute Gasteiger partial charge is 0.497 e. The Morgan fingerprint density at radius 3 is 2.50 bits per heavy atom. The van der Waals surface area contributed by atoms with Crippen molar-refractivity contribution >= 4 is 5.91 Å². The van der Waals surface area contributed by atoms with Crippen LogP contribution in [0.15, 0.2) is 18.2 Å². The molecule has 5 nitrogen and oxygen atoms in total. The maximum Gasteiger partial charge on any atom is 0.255 e. The number of ether oxygens (including phenoxy) is 2. The van der Waals surface area contributed by atoms with Crippen molar-refractivity contribution in [1.29, 1.82) is 0 Å². The smallest absolute Gasteiger partial charge is 0.255 e. The zero-order valence-corrected chi connectivity index (χ0v) is 12.5. The zero-order chi connectivity index (χ0) is 15.1. The summed E-state index contributed by atoms with van der Waals surface area (Å²) in [6, 6.07) is 4.99. The summed E-state index contributed by atoms with van der Waals surface area (Å²) in [6.07, 6.45) is 0.530. The fraction of sp³-hybridized carbons (Fsp3) is 0.533. The van der Waals surface area contributed by atoms with E-state index < -0.39 is 0 Å². The molecule has 5 heteroatoms. The van der Waals surface area contributed by atoms with E-state index in [1.807, 2.05) is 13.8 Å². The molecule has 0 aliphatic carbocycles. The lowest BCUT2D eigenvalue weighted by atomic mass is 10.0. The second kappa shape index (κ2) is 7.75.